The number of hydrogen-bond acceptors (Lipinski definition) is 2. The highest BCUT2D eigenvalue weighted by molar-refractivity contribution is 8.23. The fraction of sp³-hybridized carbons (Fsp3) is 0.667. The van der Waals surface area contributed by atoms with Crippen molar-refractivity contribution in [1.82, 2.24) is 0 Å². The molecule has 1 rings (SSSR count). The quantitative estimate of drug-likeness (QED) is 0.573. The van der Waals surface area contributed by atoms with Crippen molar-refractivity contribution in [3.63, 3.8) is 0 Å². The van der Waals surface area contributed by atoms with Crippen molar-refractivity contribution in [2.45, 2.75) is 19.8 Å². The van der Waals surface area contributed by atoms with Crippen LogP contribution in [0, 0.1) is 0 Å². The van der Waals surface area contributed by atoms with E-state index in [4.69, 9.17) is 12.2 Å². The van der Waals surface area contributed by atoms with Crippen molar-refractivity contribution >= 4 is 34.0 Å². The van der Waals surface area contributed by atoms with E-state index in [9.17, 15) is 0 Å². The van der Waals surface area contributed by atoms with Crippen LogP contribution in [0.25, 0.3) is 0 Å². The maximum absolute atomic E-state index is 4.89. The molecule has 3 heteroatoms. The Morgan fingerprint density at radius 3 is 3.00 bits per heavy atom. The zero-order valence-corrected chi connectivity index (χ0v) is 7.02. The summed E-state index contributed by atoms with van der Waals surface area (Å²) in [5.41, 5.74) is 1.27. The molecule has 1 aliphatic rings. The third-order valence-corrected chi connectivity index (χ3v) is 2.41. The molecule has 0 aromatic carbocycles. The predicted octanol–water partition coefficient (Wildman–Crippen LogP) is 2.26. The number of thiocarbonyl (C=S) groups is 1. The first kappa shape index (κ1) is 7.22. The summed E-state index contributed by atoms with van der Waals surface area (Å²) in [5.74, 6) is 1.03. The van der Waals surface area contributed by atoms with Crippen molar-refractivity contribution in [1.29, 1.82) is 0 Å². The van der Waals surface area contributed by atoms with Gasteiger partial charge in [0.2, 0.25) is 0 Å². The van der Waals surface area contributed by atoms with E-state index in [1.807, 2.05) is 0 Å². The molecule has 0 unspecified atom stereocenters. The molecular formula is C6H9NS2. The Balaban J connectivity index is 2.42. The Kier molecular flexibility index (Phi) is 2.66. The third kappa shape index (κ3) is 2.06. The van der Waals surface area contributed by atoms with Crippen LogP contribution in [0.15, 0.2) is 4.99 Å². The molecule has 0 spiro atoms. The molecule has 0 N–H and O–H groups in total. The molecule has 9 heavy (non-hydrogen) atoms. The summed E-state index contributed by atoms with van der Waals surface area (Å²) in [6.45, 7) is 2.16. The summed E-state index contributed by atoms with van der Waals surface area (Å²) >= 11 is 6.56. The molecule has 0 amide bonds. The monoisotopic (exact) mass is 159 g/mol. The second-order valence-corrected chi connectivity index (χ2v) is 3.59. The summed E-state index contributed by atoms with van der Waals surface area (Å²) in [4.78, 5) is 4.19. The minimum atomic E-state index is 0.818. The van der Waals surface area contributed by atoms with Crippen LogP contribution in [0.4, 0.5) is 0 Å². The second-order valence-electron chi connectivity index (χ2n) is 1.98. The van der Waals surface area contributed by atoms with Gasteiger partial charge < -0.3 is 0 Å². The first-order valence-electron chi connectivity index (χ1n) is 3.06. The summed E-state index contributed by atoms with van der Waals surface area (Å²) < 4.78 is 0.818. The first-order valence-corrected chi connectivity index (χ1v) is 4.45. The SMILES string of the molecule is CCCC1=NC(=S)SC1. The fourth-order valence-electron chi connectivity index (χ4n) is 0.755. The van der Waals surface area contributed by atoms with Crippen LogP contribution < -0.4 is 0 Å². The van der Waals surface area contributed by atoms with E-state index in [0.29, 0.717) is 0 Å². The fourth-order valence-corrected chi connectivity index (χ4v) is 1.75. The normalized spacial score (nSPS) is 18.3. The van der Waals surface area contributed by atoms with Crippen LogP contribution >= 0.6 is 24.0 Å². The number of nitrogens with zero attached hydrogens (tertiary/aromatic N) is 1. The van der Waals surface area contributed by atoms with E-state index in [2.05, 4.69) is 11.9 Å². The van der Waals surface area contributed by atoms with Crippen molar-refractivity contribution in [2.75, 3.05) is 5.75 Å². The van der Waals surface area contributed by atoms with Crippen molar-refractivity contribution in [2.24, 2.45) is 4.99 Å². The smallest absolute Gasteiger partial charge is 0.160 e. The van der Waals surface area contributed by atoms with Crippen LogP contribution in [0.3, 0.4) is 0 Å². The van der Waals surface area contributed by atoms with Gasteiger partial charge in [-0.25, -0.2) is 4.99 Å². The molecule has 0 saturated heterocycles. The molecule has 50 valence electrons. The molecule has 0 aliphatic carbocycles. The van der Waals surface area contributed by atoms with Gasteiger partial charge in [0.15, 0.2) is 4.32 Å². The lowest BCUT2D eigenvalue weighted by atomic mass is 10.2. The molecule has 0 saturated carbocycles. The molecule has 1 heterocycles. The Morgan fingerprint density at radius 1 is 1.78 bits per heavy atom. The minimum absolute atomic E-state index is 0.818. The van der Waals surface area contributed by atoms with Crippen LogP contribution in [0.2, 0.25) is 0 Å². The molecule has 0 bridgehead atoms. The van der Waals surface area contributed by atoms with Crippen molar-refractivity contribution in [3.8, 4) is 0 Å². The van der Waals surface area contributed by atoms with E-state index in [0.717, 1.165) is 16.5 Å². The highest BCUT2D eigenvalue weighted by Gasteiger charge is 2.09. The van der Waals surface area contributed by atoms with Gasteiger partial charge in [0.25, 0.3) is 0 Å². The van der Waals surface area contributed by atoms with Gasteiger partial charge in [-0.3, -0.25) is 0 Å². The number of aliphatic imine (C=N–C) groups is 1. The van der Waals surface area contributed by atoms with E-state index in [-0.39, 0.29) is 0 Å². The first-order chi connectivity index (χ1) is 4.33. The lowest BCUT2D eigenvalue weighted by Crippen LogP contribution is -1.94. The maximum atomic E-state index is 4.89. The molecule has 0 aromatic rings. The lowest BCUT2D eigenvalue weighted by Gasteiger charge is -1.89. The topological polar surface area (TPSA) is 12.4 Å². The van der Waals surface area contributed by atoms with E-state index in [1.54, 1.807) is 11.8 Å². The average Bonchev–Trinajstić information content (AvgIpc) is 2.17. The highest BCUT2D eigenvalue weighted by Crippen LogP contribution is 2.16. The predicted molar refractivity (Wildman–Crippen MR) is 47.4 cm³/mol. The van der Waals surface area contributed by atoms with Crippen LogP contribution in [-0.4, -0.2) is 15.8 Å². The van der Waals surface area contributed by atoms with Gasteiger partial charge in [-0.05, 0) is 6.42 Å². The van der Waals surface area contributed by atoms with E-state index < -0.39 is 0 Å². The standard InChI is InChI=1S/C6H9NS2/c1-2-3-5-4-9-6(8)7-5/h2-4H2,1H3. The highest BCUT2D eigenvalue weighted by atomic mass is 32.2. The third-order valence-electron chi connectivity index (χ3n) is 1.15. The van der Waals surface area contributed by atoms with Gasteiger partial charge in [0.1, 0.15) is 0 Å². The molecule has 1 aliphatic heterocycles. The van der Waals surface area contributed by atoms with Gasteiger partial charge in [0.05, 0.1) is 0 Å². The van der Waals surface area contributed by atoms with Gasteiger partial charge in [-0.2, -0.15) is 0 Å². The van der Waals surface area contributed by atoms with E-state index in [1.165, 1.54) is 12.1 Å². The van der Waals surface area contributed by atoms with Crippen molar-refractivity contribution in [3.05, 3.63) is 0 Å². The molecular weight excluding hydrogens is 150 g/mol. The summed E-state index contributed by atoms with van der Waals surface area (Å²) in [6, 6.07) is 0. The van der Waals surface area contributed by atoms with Crippen LogP contribution in [0.1, 0.15) is 19.8 Å². The van der Waals surface area contributed by atoms with Gasteiger partial charge >= 0.3 is 0 Å². The Hall–Kier alpha value is 0.110. The second kappa shape index (κ2) is 3.32. The maximum Gasteiger partial charge on any atom is 0.160 e. The number of hydrogen-bond donors (Lipinski definition) is 0. The molecule has 0 radical (unpaired) electrons. The van der Waals surface area contributed by atoms with E-state index >= 15 is 0 Å². The Bertz CT molecular complexity index is 151. The molecule has 1 nitrogen and oxygen atoms in total. The van der Waals surface area contributed by atoms with Crippen molar-refractivity contribution < 1.29 is 0 Å². The Labute approximate surface area is 64.9 Å². The molecule has 0 atom stereocenters. The average molecular weight is 159 g/mol. The van der Waals surface area contributed by atoms with Gasteiger partial charge in [0, 0.05) is 11.5 Å². The van der Waals surface area contributed by atoms with Gasteiger partial charge in [-0.1, -0.05) is 37.3 Å². The largest absolute Gasteiger partial charge is 0.238 e. The summed E-state index contributed by atoms with van der Waals surface area (Å²) in [6.07, 6.45) is 2.30. The summed E-state index contributed by atoms with van der Waals surface area (Å²) in [5, 5.41) is 0. The lowest BCUT2D eigenvalue weighted by molar-refractivity contribution is 0.993. The Morgan fingerprint density at radius 2 is 2.56 bits per heavy atom. The molecule has 0 aromatic heterocycles. The summed E-state index contributed by atoms with van der Waals surface area (Å²) in [7, 11) is 0. The van der Waals surface area contributed by atoms with Crippen LogP contribution in [0.5, 0.6) is 0 Å². The zero-order valence-electron chi connectivity index (χ0n) is 5.39. The molecule has 0 fully saturated rings. The van der Waals surface area contributed by atoms with Crippen LogP contribution in [-0.2, 0) is 0 Å². The minimum Gasteiger partial charge on any atom is -0.238 e. The number of thioether (sulfide) groups is 1. The zero-order chi connectivity index (χ0) is 6.69. The number of rotatable bonds is 2. The van der Waals surface area contributed by atoms with Gasteiger partial charge in [-0.15, -0.1) is 0 Å².